The average molecular weight is 328 g/mol. The smallest absolute Gasteiger partial charge is 0.224 e. The summed E-state index contributed by atoms with van der Waals surface area (Å²) in [5, 5.41) is 2.93. The molecule has 1 N–H and O–H groups in total. The van der Waals surface area contributed by atoms with E-state index in [1.165, 1.54) is 6.07 Å². The van der Waals surface area contributed by atoms with Crippen LogP contribution in [-0.2, 0) is 11.2 Å². The molecule has 0 spiro atoms. The van der Waals surface area contributed by atoms with E-state index in [9.17, 15) is 9.18 Å². The fraction of sp³-hybridized carbons (Fsp3) is 0.389. The number of hydrogen-bond donors (Lipinski definition) is 1. The number of rotatable bonds is 5. The monoisotopic (exact) mass is 328 g/mol. The number of nitrogens with one attached hydrogen (secondary N) is 1. The van der Waals surface area contributed by atoms with Crippen molar-refractivity contribution >= 4 is 11.7 Å². The van der Waals surface area contributed by atoms with Crippen LogP contribution < -0.4 is 10.2 Å². The molecule has 24 heavy (non-hydrogen) atoms. The molecule has 2 heterocycles. The molecule has 0 saturated carbocycles. The Morgan fingerprint density at radius 3 is 3.00 bits per heavy atom. The molecule has 0 aliphatic carbocycles. The van der Waals surface area contributed by atoms with E-state index in [4.69, 9.17) is 0 Å². The number of piperidine rings is 1. The minimum atomic E-state index is -0.224. The van der Waals surface area contributed by atoms with Crippen LogP contribution in [0.5, 0.6) is 0 Å². The molecule has 1 unspecified atom stereocenters. The summed E-state index contributed by atoms with van der Waals surface area (Å²) in [7, 11) is 0. The number of aromatic nitrogens is 2. The predicted molar refractivity (Wildman–Crippen MR) is 90.1 cm³/mol. The fourth-order valence-electron chi connectivity index (χ4n) is 3.02. The summed E-state index contributed by atoms with van der Waals surface area (Å²) in [6.07, 6.45) is 7.33. The summed E-state index contributed by atoms with van der Waals surface area (Å²) in [6, 6.07) is 6.66. The fourth-order valence-corrected chi connectivity index (χ4v) is 3.02. The number of nitrogens with zero attached hydrogens (tertiary/aromatic N) is 3. The number of amides is 1. The van der Waals surface area contributed by atoms with E-state index < -0.39 is 0 Å². The SMILES string of the molecule is O=C(NCCc1ccccc1F)C1CCCN(c2cnccn2)C1. The minimum Gasteiger partial charge on any atom is -0.355 e. The Balaban J connectivity index is 1.50. The molecule has 1 aliphatic rings. The van der Waals surface area contributed by atoms with Gasteiger partial charge >= 0.3 is 0 Å². The number of hydrogen-bond acceptors (Lipinski definition) is 4. The normalized spacial score (nSPS) is 17.5. The lowest BCUT2D eigenvalue weighted by Crippen LogP contribution is -2.43. The zero-order valence-electron chi connectivity index (χ0n) is 13.5. The highest BCUT2D eigenvalue weighted by atomic mass is 19.1. The predicted octanol–water partition coefficient (Wildman–Crippen LogP) is 2.19. The van der Waals surface area contributed by atoms with Gasteiger partial charge in [-0.25, -0.2) is 9.37 Å². The van der Waals surface area contributed by atoms with Gasteiger partial charge in [-0.2, -0.15) is 0 Å². The molecule has 1 amide bonds. The van der Waals surface area contributed by atoms with Gasteiger partial charge in [-0.15, -0.1) is 0 Å². The van der Waals surface area contributed by atoms with Gasteiger partial charge in [-0.3, -0.25) is 9.78 Å². The van der Waals surface area contributed by atoms with Crippen LogP contribution in [0.2, 0.25) is 0 Å². The maximum Gasteiger partial charge on any atom is 0.224 e. The van der Waals surface area contributed by atoms with E-state index in [0.29, 0.717) is 25.1 Å². The topological polar surface area (TPSA) is 58.1 Å². The summed E-state index contributed by atoms with van der Waals surface area (Å²) >= 11 is 0. The lowest BCUT2D eigenvalue weighted by molar-refractivity contribution is -0.125. The van der Waals surface area contributed by atoms with Crippen LogP contribution in [0.3, 0.4) is 0 Å². The molecule has 1 aromatic carbocycles. The van der Waals surface area contributed by atoms with Crippen molar-refractivity contribution in [2.75, 3.05) is 24.5 Å². The van der Waals surface area contributed by atoms with Gasteiger partial charge in [0.15, 0.2) is 0 Å². The van der Waals surface area contributed by atoms with Crippen LogP contribution in [0.15, 0.2) is 42.9 Å². The van der Waals surface area contributed by atoms with Gasteiger partial charge < -0.3 is 10.2 Å². The summed E-state index contributed by atoms with van der Waals surface area (Å²) in [4.78, 5) is 22.9. The van der Waals surface area contributed by atoms with Crippen molar-refractivity contribution in [2.45, 2.75) is 19.3 Å². The average Bonchev–Trinajstić information content (AvgIpc) is 2.64. The van der Waals surface area contributed by atoms with E-state index in [1.54, 1.807) is 36.8 Å². The molecular formula is C18H21FN4O. The maximum atomic E-state index is 13.6. The van der Waals surface area contributed by atoms with Crippen molar-refractivity contribution in [2.24, 2.45) is 5.92 Å². The van der Waals surface area contributed by atoms with Gasteiger partial charge in [-0.1, -0.05) is 18.2 Å². The second-order valence-electron chi connectivity index (χ2n) is 5.98. The van der Waals surface area contributed by atoms with Crippen molar-refractivity contribution in [3.63, 3.8) is 0 Å². The molecule has 2 aromatic rings. The standard InChI is InChI=1S/C18H21FN4O/c19-16-6-2-1-4-14(16)7-8-22-18(24)15-5-3-11-23(13-15)17-12-20-9-10-21-17/h1-2,4,6,9-10,12,15H,3,5,7-8,11,13H2,(H,22,24). The largest absolute Gasteiger partial charge is 0.355 e. The molecular weight excluding hydrogens is 307 g/mol. The van der Waals surface area contributed by atoms with Crippen molar-refractivity contribution < 1.29 is 9.18 Å². The molecule has 0 radical (unpaired) electrons. The number of halogens is 1. The Kier molecular flexibility index (Phi) is 5.36. The number of benzene rings is 1. The molecule has 3 rings (SSSR count). The van der Waals surface area contributed by atoms with Crippen LogP contribution in [0.4, 0.5) is 10.2 Å². The van der Waals surface area contributed by atoms with Gasteiger partial charge in [0.05, 0.1) is 12.1 Å². The quantitative estimate of drug-likeness (QED) is 0.914. The van der Waals surface area contributed by atoms with Gasteiger partial charge in [0.2, 0.25) is 5.91 Å². The molecule has 1 aromatic heterocycles. The zero-order valence-corrected chi connectivity index (χ0v) is 13.5. The highest BCUT2D eigenvalue weighted by Crippen LogP contribution is 2.21. The number of carbonyl (C=O) groups is 1. The van der Waals surface area contributed by atoms with Crippen molar-refractivity contribution in [1.29, 1.82) is 0 Å². The Hall–Kier alpha value is -2.50. The van der Waals surface area contributed by atoms with Crippen LogP contribution in [-0.4, -0.2) is 35.5 Å². The third-order valence-corrected chi connectivity index (χ3v) is 4.32. The first-order chi connectivity index (χ1) is 11.7. The maximum absolute atomic E-state index is 13.6. The molecule has 1 fully saturated rings. The van der Waals surface area contributed by atoms with Crippen molar-refractivity contribution in [3.8, 4) is 0 Å². The lowest BCUT2D eigenvalue weighted by atomic mass is 9.97. The first-order valence-electron chi connectivity index (χ1n) is 8.26. The Labute approximate surface area is 140 Å². The zero-order chi connectivity index (χ0) is 16.8. The Morgan fingerprint density at radius 1 is 1.33 bits per heavy atom. The van der Waals surface area contributed by atoms with Crippen LogP contribution in [0.1, 0.15) is 18.4 Å². The molecule has 1 saturated heterocycles. The summed E-state index contributed by atoms with van der Waals surface area (Å²) < 4.78 is 13.6. The number of anilines is 1. The van der Waals surface area contributed by atoms with E-state index in [-0.39, 0.29) is 17.6 Å². The Bertz CT molecular complexity index is 680. The molecule has 1 aliphatic heterocycles. The van der Waals surface area contributed by atoms with E-state index in [0.717, 1.165) is 25.2 Å². The van der Waals surface area contributed by atoms with Crippen molar-refractivity contribution in [1.82, 2.24) is 15.3 Å². The van der Waals surface area contributed by atoms with Crippen LogP contribution >= 0.6 is 0 Å². The summed E-state index contributed by atoms with van der Waals surface area (Å²) in [5.74, 6) is 0.543. The van der Waals surface area contributed by atoms with Crippen molar-refractivity contribution in [3.05, 3.63) is 54.2 Å². The van der Waals surface area contributed by atoms with Gasteiger partial charge in [0.25, 0.3) is 0 Å². The van der Waals surface area contributed by atoms with E-state index in [1.807, 2.05) is 0 Å². The first-order valence-corrected chi connectivity index (χ1v) is 8.26. The number of carbonyl (C=O) groups excluding carboxylic acids is 1. The minimum absolute atomic E-state index is 0.0277. The summed E-state index contributed by atoms with van der Waals surface area (Å²) in [5.41, 5.74) is 0.627. The summed E-state index contributed by atoms with van der Waals surface area (Å²) in [6.45, 7) is 1.98. The Morgan fingerprint density at radius 2 is 2.21 bits per heavy atom. The highest BCUT2D eigenvalue weighted by Gasteiger charge is 2.26. The first kappa shape index (κ1) is 16.4. The molecule has 5 nitrogen and oxygen atoms in total. The van der Waals surface area contributed by atoms with Crippen LogP contribution in [0, 0.1) is 11.7 Å². The van der Waals surface area contributed by atoms with E-state index >= 15 is 0 Å². The molecule has 6 heteroatoms. The second kappa shape index (κ2) is 7.86. The molecule has 126 valence electrons. The third kappa shape index (κ3) is 4.07. The highest BCUT2D eigenvalue weighted by molar-refractivity contribution is 5.79. The molecule has 1 atom stereocenters. The lowest BCUT2D eigenvalue weighted by Gasteiger charge is -2.32. The third-order valence-electron chi connectivity index (χ3n) is 4.32. The van der Waals surface area contributed by atoms with Crippen LogP contribution in [0.25, 0.3) is 0 Å². The van der Waals surface area contributed by atoms with E-state index in [2.05, 4.69) is 20.2 Å². The van der Waals surface area contributed by atoms with Gasteiger partial charge in [0, 0.05) is 32.0 Å². The second-order valence-corrected chi connectivity index (χ2v) is 5.98. The van der Waals surface area contributed by atoms with Gasteiger partial charge in [0.1, 0.15) is 11.6 Å². The molecule has 0 bridgehead atoms. The van der Waals surface area contributed by atoms with Gasteiger partial charge in [-0.05, 0) is 30.9 Å².